The van der Waals surface area contributed by atoms with Gasteiger partial charge < -0.3 is 14.8 Å². The number of pyridine rings is 1. The van der Waals surface area contributed by atoms with Crippen LogP contribution >= 0.6 is 0 Å². The Kier molecular flexibility index (Phi) is 6.12. The van der Waals surface area contributed by atoms with Crippen LogP contribution in [0.4, 0.5) is 5.69 Å². The van der Waals surface area contributed by atoms with Gasteiger partial charge in [-0.3, -0.25) is 9.78 Å². The fraction of sp³-hybridized carbons (Fsp3) is 0.115. The van der Waals surface area contributed by atoms with Gasteiger partial charge in [-0.2, -0.15) is 0 Å². The van der Waals surface area contributed by atoms with Crippen molar-refractivity contribution in [1.29, 1.82) is 0 Å². The van der Waals surface area contributed by atoms with E-state index in [-0.39, 0.29) is 12.5 Å². The van der Waals surface area contributed by atoms with Crippen molar-refractivity contribution in [2.75, 3.05) is 12.4 Å². The zero-order chi connectivity index (χ0) is 22.5. The molecule has 1 aromatic heterocycles. The number of hydrogen-bond acceptors (Lipinski definition) is 5. The first-order valence-electron chi connectivity index (χ1n) is 10.1. The molecule has 0 saturated heterocycles. The van der Waals surface area contributed by atoms with Crippen LogP contribution in [-0.2, 0) is 11.3 Å². The Labute approximate surface area is 185 Å². The Morgan fingerprint density at radius 2 is 1.69 bits per heavy atom. The van der Waals surface area contributed by atoms with Crippen molar-refractivity contribution >= 4 is 28.5 Å². The highest BCUT2D eigenvalue weighted by Gasteiger charge is 2.14. The molecule has 6 heteroatoms. The highest BCUT2D eigenvalue weighted by atomic mass is 16.5. The van der Waals surface area contributed by atoms with Crippen molar-refractivity contribution in [2.45, 2.75) is 13.5 Å². The van der Waals surface area contributed by atoms with Gasteiger partial charge in [0.25, 0.3) is 5.91 Å². The first kappa shape index (κ1) is 21.1. The third-order valence-corrected chi connectivity index (χ3v) is 5.05. The standard InChI is InChI=1S/C26H22N2O4/c1-17-23(14-20-12-13-22(31-2)15-24(20)27-17)26(30)32-16-18-8-10-19(11-9-18)25(29)28-21-6-4-3-5-7-21/h3-15H,16H2,1-2H3,(H,28,29). The number of ether oxygens (including phenoxy) is 2. The minimum atomic E-state index is -0.446. The molecule has 32 heavy (non-hydrogen) atoms. The summed E-state index contributed by atoms with van der Waals surface area (Å²) in [5, 5.41) is 3.67. The Hall–Kier alpha value is -4.19. The molecule has 3 aromatic carbocycles. The summed E-state index contributed by atoms with van der Waals surface area (Å²) in [6.45, 7) is 1.87. The number of esters is 1. The molecule has 4 aromatic rings. The van der Waals surface area contributed by atoms with E-state index in [1.807, 2.05) is 48.5 Å². The van der Waals surface area contributed by atoms with Gasteiger partial charge in [-0.1, -0.05) is 30.3 Å². The highest BCUT2D eigenvalue weighted by molar-refractivity contribution is 6.04. The second-order valence-corrected chi connectivity index (χ2v) is 7.27. The van der Waals surface area contributed by atoms with Crippen LogP contribution in [0.1, 0.15) is 32.0 Å². The molecule has 1 N–H and O–H groups in total. The van der Waals surface area contributed by atoms with Gasteiger partial charge in [0.2, 0.25) is 0 Å². The summed E-state index contributed by atoms with van der Waals surface area (Å²) >= 11 is 0. The number of benzene rings is 3. The number of aryl methyl sites for hydroxylation is 1. The molecular formula is C26H22N2O4. The topological polar surface area (TPSA) is 77.5 Å². The molecule has 0 radical (unpaired) electrons. The van der Waals surface area contributed by atoms with Crippen LogP contribution in [-0.4, -0.2) is 24.0 Å². The van der Waals surface area contributed by atoms with Crippen LogP contribution < -0.4 is 10.1 Å². The van der Waals surface area contributed by atoms with E-state index in [9.17, 15) is 9.59 Å². The molecule has 0 aliphatic rings. The number of para-hydroxylation sites is 1. The number of amides is 1. The van der Waals surface area contributed by atoms with E-state index < -0.39 is 5.97 Å². The van der Waals surface area contributed by atoms with Gasteiger partial charge in [-0.05, 0) is 55.0 Å². The maximum atomic E-state index is 12.6. The van der Waals surface area contributed by atoms with Gasteiger partial charge >= 0.3 is 5.97 Å². The third-order valence-electron chi connectivity index (χ3n) is 5.05. The molecule has 0 aliphatic carbocycles. The van der Waals surface area contributed by atoms with Gasteiger partial charge in [0.05, 0.1) is 23.9 Å². The fourth-order valence-corrected chi connectivity index (χ4v) is 3.28. The summed E-state index contributed by atoms with van der Waals surface area (Å²) in [6.07, 6.45) is 0. The lowest BCUT2D eigenvalue weighted by atomic mass is 10.1. The summed E-state index contributed by atoms with van der Waals surface area (Å²) in [5.74, 6) is 0.0634. The Morgan fingerprint density at radius 3 is 2.41 bits per heavy atom. The first-order chi connectivity index (χ1) is 15.5. The zero-order valence-corrected chi connectivity index (χ0v) is 17.8. The van der Waals surface area contributed by atoms with Crippen LogP contribution in [0, 0.1) is 6.92 Å². The van der Waals surface area contributed by atoms with Crippen molar-refractivity contribution in [3.63, 3.8) is 0 Å². The van der Waals surface area contributed by atoms with Gasteiger partial charge in [-0.25, -0.2) is 4.79 Å². The van der Waals surface area contributed by atoms with E-state index in [0.29, 0.717) is 22.6 Å². The zero-order valence-electron chi connectivity index (χ0n) is 17.8. The smallest absolute Gasteiger partial charge is 0.340 e. The SMILES string of the molecule is COc1ccc2cc(C(=O)OCc3ccc(C(=O)Nc4ccccc4)cc3)c(C)nc2c1. The number of fused-ring (bicyclic) bond motifs is 1. The number of rotatable bonds is 6. The largest absolute Gasteiger partial charge is 0.497 e. The normalized spacial score (nSPS) is 10.6. The van der Waals surface area contributed by atoms with Gasteiger partial charge in [0.1, 0.15) is 12.4 Å². The van der Waals surface area contributed by atoms with E-state index in [4.69, 9.17) is 9.47 Å². The summed E-state index contributed by atoms with van der Waals surface area (Å²) < 4.78 is 10.7. The van der Waals surface area contributed by atoms with Crippen LogP contribution in [0.2, 0.25) is 0 Å². The average Bonchev–Trinajstić information content (AvgIpc) is 2.82. The summed E-state index contributed by atoms with van der Waals surface area (Å²) in [5.41, 5.74) is 3.79. The number of methoxy groups -OCH3 is 1. The highest BCUT2D eigenvalue weighted by Crippen LogP contribution is 2.22. The fourth-order valence-electron chi connectivity index (χ4n) is 3.28. The first-order valence-corrected chi connectivity index (χ1v) is 10.1. The van der Waals surface area contributed by atoms with Crippen molar-refractivity contribution in [2.24, 2.45) is 0 Å². The Balaban J connectivity index is 1.40. The summed E-state index contributed by atoms with van der Waals surface area (Å²) in [6, 6.07) is 23.5. The molecule has 0 bridgehead atoms. The number of nitrogens with zero attached hydrogens (tertiary/aromatic N) is 1. The second-order valence-electron chi connectivity index (χ2n) is 7.27. The molecule has 1 heterocycles. The molecule has 0 atom stereocenters. The van der Waals surface area contributed by atoms with E-state index in [1.165, 1.54) is 0 Å². The predicted octanol–water partition coefficient (Wildman–Crippen LogP) is 5.16. The lowest BCUT2D eigenvalue weighted by Crippen LogP contribution is -2.12. The third kappa shape index (κ3) is 4.75. The number of anilines is 1. The van der Waals surface area contributed by atoms with Crippen LogP contribution in [0.15, 0.2) is 78.9 Å². The molecule has 0 spiro atoms. The maximum Gasteiger partial charge on any atom is 0.340 e. The molecular weight excluding hydrogens is 404 g/mol. The lowest BCUT2D eigenvalue weighted by molar-refractivity contribution is 0.0471. The molecule has 4 rings (SSSR count). The summed E-state index contributed by atoms with van der Waals surface area (Å²) in [7, 11) is 1.60. The molecule has 6 nitrogen and oxygen atoms in total. The molecule has 0 aliphatic heterocycles. The molecule has 0 saturated carbocycles. The maximum absolute atomic E-state index is 12.6. The minimum absolute atomic E-state index is 0.0967. The molecule has 0 fully saturated rings. The van der Waals surface area contributed by atoms with Gasteiger partial charge in [0.15, 0.2) is 0 Å². The average molecular weight is 426 g/mol. The van der Waals surface area contributed by atoms with E-state index in [0.717, 1.165) is 22.2 Å². The Bertz CT molecular complexity index is 1270. The number of carbonyl (C=O) groups is 2. The quantitative estimate of drug-likeness (QED) is 0.431. The van der Waals surface area contributed by atoms with Crippen LogP contribution in [0.3, 0.4) is 0 Å². The van der Waals surface area contributed by atoms with Crippen molar-refractivity contribution in [3.8, 4) is 5.75 Å². The van der Waals surface area contributed by atoms with Crippen molar-refractivity contribution in [1.82, 2.24) is 4.98 Å². The minimum Gasteiger partial charge on any atom is -0.497 e. The van der Waals surface area contributed by atoms with E-state index in [1.54, 1.807) is 44.4 Å². The van der Waals surface area contributed by atoms with Crippen LogP contribution in [0.5, 0.6) is 5.75 Å². The van der Waals surface area contributed by atoms with E-state index >= 15 is 0 Å². The monoisotopic (exact) mass is 426 g/mol. The van der Waals surface area contributed by atoms with Gasteiger partial charge in [0, 0.05) is 22.7 Å². The molecule has 160 valence electrons. The van der Waals surface area contributed by atoms with Crippen molar-refractivity contribution < 1.29 is 19.1 Å². The summed E-state index contributed by atoms with van der Waals surface area (Å²) in [4.78, 5) is 29.5. The molecule has 1 amide bonds. The number of carbonyl (C=O) groups excluding carboxylic acids is 2. The van der Waals surface area contributed by atoms with E-state index in [2.05, 4.69) is 10.3 Å². The van der Waals surface area contributed by atoms with Crippen LogP contribution in [0.25, 0.3) is 10.9 Å². The van der Waals surface area contributed by atoms with Gasteiger partial charge in [-0.15, -0.1) is 0 Å². The number of nitrogens with one attached hydrogen (secondary N) is 1. The Morgan fingerprint density at radius 1 is 0.938 bits per heavy atom. The lowest BCUT2D eigenvalue weighted by Gasteiger charge is -2.10. The number of hydrogen-bond donors (Lipinski definition) is 1. The second kappa shape index (κ2) is 9.31. The van der Waals surface area contributed by atoms with Crippen molar-refractivity contribution in [3.05, 3.63) is 101 Å². The predicted molar refractivity (Wildman–Crippen MR) is 123 cm³/mol. The molecule has 0 unspecified atom stereocenters. The number of aromatic nitrogens is 1.